The molecule has 0 spiro atoms. The molecule has 2 heterocycles. The van der Waals surface area contributed by atoms with Crippen LogP contribution >= 0.6 is 11.3 Å². The molecule has 0 aliphatic carbocycles. The fourth-order valence-electron chi connectivity index (χ4n) is 1.53. The number of hydrogen-bond acceptors (Lipinski definition) is 6. The topological polar surface area (TPSA) is 71.1 Å². The quantitative estimate of drug-likeness (QED) is 0.851. The molecule has 1 N–H and O–H groups in total. The van der Waals surface area contributed by atoms with Crippen LogP contribution in [-0.2, 0) is 11.3 Å². The Morgan fingerprint density at radius 2 is 2.39 bits per heavy atom. The third-order valence-corrected chi connectivity index (χ3v) is 3.71. The van der Waals surface area contributed by atoms with Crippen molar-refractivity contribution in [3.05, 3.63) is 28.5 Å². The SMILES string of the molecule is COC(=O)c1sc(N(C)Cc2cn[nH]c2)nc1C. The zero-order valence-corrected chi connectivity index (χ0v) is 11.2. The molecule has 0 radical (unpaired) electrons. The highest BCUT2D eigenvalue weighted by atomic mass is 32.1. The normalized spacial score (nSPS) is 10.4. The number of aryl methyl sites for hydroxylation is 1. The van der Waals surface area contributed by atoms with Gasteiger partial charge < -0.3 is 9.64 Å². The summed E-state index contributed by atoms with van der Waals surface area (Å²) in [5.41, 5.74) is 1.76. The van der Waals surface area contributed by atoms with Gasteiger partial charge >= 0.3 is 5.97 Å². The van der Waals surface area contributed by atoms with Gasteiger partial charge in [0, 0.05) is 25.4 Å². The van der Waals surface area contributed by atoms with Crippen molar-refractivity contribution < 1.29 is 9.53 Å². The van der Waals surface area contributed by atoms with Crippen molar-refractivity contribution in [2.75, 3.05) is 19.1 Å². The molecule has 0 atom stereocenters. The van der Waals surface area contributed by atoms with E-state index in [0.29, 0.717) is 17.1 Å². The number of ether oxygens (including phenoxy) is 1. The Hall–Kier alpha value is -1.89. The monoisotopic (exact) mass is 266 g/mol. The number of hydrogen-bond donors (Lipinski definition) is 1. The van der Waals surface area contributed by atoms with Crippen LogP contribution in [0.5, 0.6) is 0 Å². The first-order valence-electron chi connectivity index (χ1n) is 5.36. The molecule has 0 saturated carbocycles. The smallest absolute Gasteiger partial charge is 0.350 e. The Labute approximate surface area is 109 Å². The highest BCUT2D eigenvalue weighted by Gasteiger charge is 2.17. The van der Waals surface area contributed by atoms with Gasteiger partial charge in [-0.05, 0) is 6.92 Å². The van der Waals surface area contributed by atoms with Crippen LogP contribution in [0, 0.1) is 6.92 Å². The third kappa shape index (κ3) is 2.51. The lowest BCUT2D eigenvalue weighted by Gasteiger charge is -2.13. The number of anilines is 1. The van der Waals surface area contributed by atoms with Crippen LogP contribution < -0.4 is 4.90 Å². The number of nitrogens with one attached hydrogen (secondary N) is 1. The number of carbonyl (C=O) groups excluding carboxylic acids is 1. The van der Waals surface area contributed by atoms with Gasteiger partial charge in [0.1, 0.15) is 4.88 Å². The summed E-state index contributed by atoms with van der Waals surface area (Å²) >= 11 is 1.33. The number of H-pyrrole nitrogens is 1. The van der Waals surface area contributed by atoms with Crippen molar-refractivity contribution in [1.29, 1.82) is 0 Å². The zero-order chi connectivity index (χ0) is 13.1. The average Bonchev–Trinajstić information content (AvgIpc) is 2.97. The molecule has 96 valence electrons. The van der Waals surface area contributed by atoms with Gasteiger partial charge in [-0.3, -0.25) is 5.10 Å². The van der Waals surface area contributed by atoms with Crippen molar-refractivity contribution >= 4 is 22.4 Å². The molecular weight excluding hydrogens is 252 g/mol. The minimum Gasteiger partial charge on any atom is -0.465 e. The first kappa shape index (κ1) is 12.6. The van der Waals surface area contributed by atoms with E-state index in [1.54, 1.807) is 13.1 Å². The second-order valence-electron chi connectivity index (χ2n) is 3.87. The summed E-state index contributed by atoms with van der Waals surface area (Å²) < 4.78 is 4.71. The van der Waals surface area contributed by atoms with E-state index in [1.165, 1.54) is 18.4 Å². The number of aromatic amines is 1. The van der Waals surface area contributed by atoms with Crippen molar-refractivity contribution in [1.82, 2.24) is 15.2 Å². The van der Waals surface area contributed by atoms with E-state index in [9.17, 15) is 4.79 Å². The van der Waals surface area contributed by atoms with E-state index in [-0.39, 0.29) is 5.97 Å². The van der Waals surface area contributed by atoms with Gasteiger partial charge in [-0.15, -0.1) is 0 Å². The predicted molar refractivity (Wildman–Crippen MR) is 68.9 cm³/mol. The lowest BCUT2D eigenvalue weighted by molar-refractivity contribution is 0.0605. The Balaban J connectivity index is 2.16. The Bertz CT molecular complexity index is 535. The maximum absolute atomic E-state index is 11.5. The zero-order valence-electron chi connectivity index (χ0n) is 10.4. The first-order chi connectivity index (χ1) is 8.61. The van der Waals surface area contributed by atoms with Gasteiger partial charge in [-0.2, -0.15) is 5.10 Å². The number of nitrogens with zero attached hydrogens (tertiary/aromatic N) is 3. The Kier molecular flexibility index (Phi) is 3.61. The summed E-state index contributed by atoms with van der Waals surface area (Å²) in [6, 6.07) is 0. The van der Waals surface area contributed by atoms with Crippen molar-refractivity contribution in [2.45, 2.75) is 13.5 Å². The molecule has 0 unspecified atom stereocenters. The number of aromatic nitrogens is 3. The molecule has 0 amide bonds. The molecule has 0 aliphatic heterocycles. The first-order valence-corrected chi connectivity index (χ1v) is 6.18. The second kappa shape index (κ2) is 5.18. The molecule has 0 aromatic carbocycles. The van der Waals surface area contributed by atoms with Gasteiger partial charge in [0.2, 0.25) is 0 Å². The number of thiazole rings is 1. The van der Waals surface area contributed by atoms with E-state index in [1.807, 2.05) is 18.1 Å². The van der Waals surface area contributed by atoms with E-state index in [0.717, 1.165) is 10.7 Å². The summed E-state index contributed by atoms with van der Waals surface area (Å²) in [4.78, 5) is 18.4. The predicted octanol–water partition coefficient (Wildman–Crippen LogP) is 1.60. The molecule has 18 heavy (non-hydrogen) atoms. The maximum atomic E-state index is 11.5. The highest BCUT2D eigenvalue weighted by Crippen LogP contribution is 2.26. The molecule has 0 bridgehead atoms. The molecule has 2 aromatic rings. The van der Waals surface area contributed by atoms with E-state index in [4.69, 9.17) is 4.74 Å². The van der Waals surface area contributed by atoms with Crippen LogP contribution in [0.1, 0.15) is 20.9 Å². The summed E-state index contributed by atoms with van der Waals surface area (Å²) in [7, 11) is 3.29. The minimum absolute atomic E-state index is 0.340. The fourth-order valence-corrected chi connectivity index (χ4v) is 2.48. The maximum Gasteiger partial charge on any atom is 0.350 e. The van der Waals surface area contributed by atoms with Gasteiger partial charge in [0.15, 0.2) is 5.13 Å². The number of carbonyl (C=O) groups is 1. The average molecular weight is 266 g/mol. The highest BCUT2D eigenvalue weighted by molar-refractivity contribution is 7.17. The molecule has 2 rings (SSSR count). The fraction of sp³-hybridized carbons (Fsp3) is 0.364. The molecule has 0 aliphatic rings. The summed E-state index contributed by atoms with van der Waals surface area (Å²) in [5.74, 6) is -0.340. The third-order valence-electron chi connectivity index (χ3n) is 2.46. The standard InChI is InChI=1S/C11H14N4O2S/c1-7-9(10(16)17-3)18-11(14-7)15(2)6-8-4-12-13-5-8/h4-5H,6H2,1-3H3,(H,12,13). The van der Waals surface area contributed by atoms with Crippen molar-refractivity contribution in [3.8, 4) is 0 Å². The summed E-state index contributed by atoms with van der Waals surface area (Å²) in [5, 5.41) is 7.44. The lowest BCUT2D eigenvalue weighted by atomic mass is 10.3. The molecular formula is C11H14N4O2S. The van der Waals surface area contributed by atoms with Gasteiger partial charge in [0.05, 0.1) is 19.0 Å². The van der Waals surface area contributed by atoms with Crippen LogP contribution in [0.25, 0.3) is 0 Å². The van der Waals surface area contributed by atoms with E-state index < -0.39 is 0 Å². The second-order valence-corrected chi connectivity index (χ2v) is 4.84. The van der Waals surface area contributed by atoms with Crippen molar-refractivity contribution in [2.24, 2.45) is 0 Å². The largest absolute Gasteiger partial charge is 0.465 e. The number of methoxy groups -OCH3 is 1. The minimum atomic E-state index is -0.340. The lowest BCUT2D eigenvalue weighted by Crippen LogP contribution is -2.15. The van der Waals surface area contributed by atoms with Crippen molar-refractivity contribution in [3.63, 3.8) is 0 Å². The van der Waals surface area contributed by atoms with Crippen LogP contribution in [0.15, 0.2) is 12.4 Å². The molecule has 7 heteroatoms. The Morgan fingerprint density at radius 3 is 3.00 bits per heavy atom. The molecule has 2 aromatic heterocycles. The molecule has 0 fully saturated rings. The van der Waals surface area contributed by atoms with Gasteiger partial charge in [-0.1, -0.05) is 11.3 Å². The molecule has 0 saturated heterocycles. The van der Waals surface area contributed by atoms with E-state index >= 15 is 0 Å². The molecule has 6 nitrogen and oxygen atoms in total. The van der Waals surface area contributed by atoms with Crippen LogP contribution in [-0.4, -0.2) is 35.3 Å². The van der Waals surface area contributed by atoms with Crippen LogP contribution in [0.2, 0.25) is 0 Å². The van der Waals surface area contributed by atoms with Crippen LogP contribution in [0.3, 0.4) is 0 Å². The Morgan fingerprint density at radius 1 is 1.61 bits per heavy atom. The van der Waals surface area contributed by atoms with Gasteiger partial charge in [0.25, 0.3) is 0 Å². The van der Waals surface area contributed by atoms with Gasteiger partial charge in [-0.25, -0.2) is 9.78 Å². The summed E-state index contributed by atoms with van der Waals surface area (Å²) in [6.07, 6.45) is 3.59. The number of rotatable bonds is 4. The number of esters is 1. The van der Waals surface area contributed by atoms with Crippen LogP contribution in [0.4, 0.5) is 5.13 Å². The summed E-state index contributed by atoms with van der Waals surface area (Å²) in [6.45, 7) is 2.49. The van der Waals surface area contributed by atoms with E-state index in [2.05, 4.69) is 15.2 Å².